The molecule has 0 aliphatic heterocycles. The second-order valence-electron chi connectivity index (χ2n) is 7.44. The molecule has 0 amide bonds. The zero-order valence-corrected chi connectivity index (χ0v) is 18.6. The number of nitrogens with zero attached hydrogens (tertiary/aromatic N) is 2. The van der Waals surface area contributed by atoms with Crippen molar-refractivity contribution in [2.24, 2.45) is 0 Å². The summed E-state index contributed by atoms with van der Waals surface area (Å²) in [5, 5.41) is 16.5. The lowest BCUT2D eigenvalue weighted by Gasteiger charge is -2.15. The monoisotopic (exact) mass is 465 g/mol. The fourth-order valence-corrected chi connectivity index (χ4v) is 3.95. The summed E-state index contributed by atoms with van der Waals surface area (Å²) in [7, 11) is 0. The predicted octanol–water partition coefficient (Wildman–Crippen LogP) is 6.95. The van der Waals surface area contributed by atoms with Crippen LogP contribution >= 0.6 is 11.3 Å². The SMILES string of the molecule is CCCCCCCCOc1ccc(Nc2nc(-c3ccc[n+]([O-])c3)cs2)cc1C(F)(F)F. The van der Waals surface area contributed by atoms with Crippen molar-refractivity contribution >= 4 is 22.2 Å². The maximum absolute atomic E-state index is 13.6. The van der Waals surface area contributed by atoms with Crippen LogP contribution in [-0.2, 0) is 6.18 Å². The quantitative estimate of drug-likeness (QED) is 0.189. The van der Waals surface area contributed by atoms with Gasteiger partial charge in [-0.3, -0.25) is 0 Å². The molecule has 0 aliphatic rings. The molecular weight excluding hydrogens is 439 g/mol. The van der Waals surface area contributed by atoms with Crippen molar-refractivity contribution in [3.63, 3.8) is 0 Å². The number of nitrogens with one attached hydrogen (secondary N) is 1. The van der Waals surface area contributed by atoms with Crippen LogP contribution in [0.15, 0.2) is 48.1 Å². The number of ether oxygens (including phenoxy) is 1. The van der Waals surface area contributed by atoms with E-state index >= 15 is 0 Å². The van der Waals surface area contributed by atoms with Crippen molar-refractivity contribution in [1.29, 1.82) is 0 Å². The topological polar surface area (TPSA) is 61.1 Å². The van der Waals surface area contributed by atoms with Gasteiger partial charge in [-0.1, -0.05) is 39.0 Å². The first-order chi connectivity index (χ1) is 15.4. The van der Waals surface area contributed by atoms with Crippen LogP contribution in [0.2, 0.25) is 0 Å². The van der Waals surface area contributed by atoms with Crippen LogP contribution in [0.1, 0.15) is 51.0 Å². The first-order valence-electron chi connectivity index (χ1n) is 10.6. The van der Waals surface area contributed by atoms with Crippen molar-refractivity contribution in [3.8, 4) is 17.0 Å². The summed E-state index contributed by atoms with van der Waals surface area (Å²) in [6.45, 7) is 2.40. The van der Waals surface area contributed by atoms with Crippen LogP contribution in [0.5, 0.6) is 5.75 Å². The molecule has 1 N–H and O–H groups in total. The molecule has 1 aromatic carbocycles. The zero-order valence-electron chi connectivity index (χ0n) is 17.8. The molecule has 0 radical (unpaired) electrons. The molecule has 5 nitrogen and oxygen atoms in total. The van der Waals surface area contributed by atoms with E-state index in [0.717, 1.165) is 38.2 Å². The molecule has 172 valence electrons. The predicted molar refractivity (Wildman–Crippen MR) is 120 cm³/mol. The molecule has 3 aromatic rings. The molecule has 9 heteroatoms. The standard InChI is InChI=1S/C23H26F3N3O2S/c1-2-3-4-5-6-7-13-31-21-11-10-18(14-19(21)23(24,25)26)27-22-28-20(16-32-22)17-9-8-12-29(30)15-17/h8-12,14-16H,2-7,13H2,1H3,(H,27,28). The molecule has 32 heavy (non-hydrogen) atoms. The second kappa shape index (κ2) is 11.2. The Morgan fingerprint density at radius 1 is 1.12 bits per heavy atom. The fourth-order valence-electron chi connectivity index (χ4n) is 3.21. The van der Waals surface area contributed by atoms with Gasteiger partial charge in [-0.05, 0) is 30.7 Å². The van der Waals surface area contributed by atoms with Crippen LogP contribution in [-0.4, -0.2) is 11.6 Å². The van der Waals surface area contributed by atoms with Crippen LogP contribution in [0.3, 0.4) is 0 Å². The average Bonchev–Trinajstić information content (AvgIpc) is 3.22. The van der Waals surface area contributed by atoms with Gasteiger partial charge in [-0.2, -0.15) is 17.9 Å². The third-order valence-corrected chi connectivity index (χ3v) is 5.62. The highest BCUT2D eigenvalue weighted by atomic mass is 32.1. The number of hydrogen-bond donors (Lipinski definition) is 1. The van der Waals surface area contributed by atoms with Crippen LogP contribution in [0.25, 0.3) is 11.3 Å². The van der Waals surface area contributed by atoms with Crippen LogP contribution in [0, 0.1) is 5.21 Å². The highest BCUT2D eigenvalue weighted by molar-refractivity contribution is 7.14. The molecule has 0 aliphatic carbocycles. The number of aromatic nitrogens is 2. The molecule has 0 unspecified atom stereocenters. The number of rotatable bonds is 11. The highest BCUT2D eigenvalue weighted by Crippen LogP contribution is 2.39. The largest absolute Gasteiger partial charge is 0.619 e. The summed E-state index contributed by atoms with van der Waals surface area (Å²) in [6, 6.07) is 7.26. The van der Waals surface area contributed by atoms with Gasteiger partial charge in [0.05, 0.1) is 23.4 Å². The summed E-state index contributed by atoms with van der Waals surface area (Å²) in [5.41, 5.74) is 0.636. The van der Waals surface area contributed by atoms with E-state index in [1.807, 2.05) is 0 Å². The van der Waals surface area contributed by atoms with Gasteiger partial charge in [0, 0.05) is 17.1 Å². The summed E-state index contributed by atoms with van der Waals surface area (Å²) in [4.78, 5) is 4.37. The third-order valence-electron chi connectivity index (χ3n) is 4.87. The van der Waals surface area contributed by atoms with E-state index in [9.17, 15) is 18.4 Å². The Morgan fingerprint density at radius 3 is 2.66 bits per heavy atom. The van der Waals surface area contributed by atoms with Gasteiger partial charge in [0.15, 0.2) is 17.5 Å². The van der Waals surface area contributed by atoms with E-state index in [1.54, 1.807) is 23.6 Å². The van der Waals surface area contributed by atoms with E-state index < -0.39 is 11.7 Å². The number of benzene rings is 1. The average molecular weight is 466 g/mol. The molecule has 0 atom stereocenters. The molecule has 0 saturated carbocycles. The Morgan fingerprint density at radius 2 is 1.91 bits per heavy atom. The van der Waals surface area contributed by atoms with E-state index in [0.29, 0.717) is 21.1 Å². The number of halogens is 3. The number of alkyl halides is 3. The fraction of sp³-hybridized carbons (Fsp3) is 0.391. The smallest absolute Gasteiger partial charge is 0.420 e. The number of unbranched alkanes of at least 4 members (excludes halogenated alkanes) is 5. The Balaban J connectivity index is 1.65. The second-order valence-corrected chi connectivity index (χ2v) is 8.30. The van der Waals surface area contributed by atoms with Gasteiger partial charge >= 0.3 is 6.18 Å². The summed E-state index contributed by atoms with van der Waals surface area (Å²) < 4.78 is 46.9. The zero-order chi connectivity index (χ0) is 23.0. The minimum absolute atomic E-state index is 0.166. The van der Waals surface area contributed by atoms with E-state index in [4.69, 9.17) is 4.74 Å². The van der Waals surface area contributed by atoms with Crippen molar-refractivity contribution < 1.29 is 22.6 Å². The number of pyridine rings is 1. The lowest BCUT2D eigenvalue weighted by atomic mass is 10.1. The Hall–Kier alpha value is -2.81. The van der Waals surface area contributed by atoms with E-state index in [1.165, 1.54) is 36.2 Å². The van der Waals surface area contributed by atoms with Crippen molar-refractivity contribution in [2.45, 2.75) is 51.6 Å². The summed E-state index contributed by atoms with van der Waals surface area (Å²) >= 11 is 1.24. The molecular formula is C23H26F3N3O2S. The van der Waals surface area contributed by atoms with Gasteiger partial charge in [0.25, 0.3) is 0 Å². The number of thiazole rings is 1. The normalized spacial score (nSPS) is 11.5. The molecule has 3 rings (SSSR count). The van der Waals surface area contributed by atoms with E-state index in [-0.39, 0.29) is 18.0 Å². The van der Waals surface area contributed by atoms with Crippen molar-refractivity contribution in [3.05, 3.63) is 58.9 Å². The first kappa shape index (κ1) is 23.8. The Bertz CT molecular complexity index is 1010. The maximum atomic E-state index is 13.6. The van der Waals surface area contributed by atoms with Gasteiger partial charge in [0.1, 0.15) is 5.75 Å². The lowest BCUT2D eigenvalue weighted by molar-refractivity contribution is -0.604. The maximum Gasteiger partial charge on any atom is 0.420 e. The number of hydrogen-bond acceptors (Lipinski definition) is 5. The molecule has 2 aromatic heterocycles. The molecule has 2 heterocycles. The van der Waals surface area contributed by atoms with Crippen LogP contribution < -0.4 is 14.8 Å². The Kier molecular flexibility index (Phi) is 8.33. The minimum atomic E-state index is -4.53. The van der Waals surface area contributed by atoms with Crippen molar-refractivity contribution in [2.75, 3.05) is 11.9 Å². The Labute approximate surface area is 189 Å². The van der Waals surface area contributed by atoms with Crippen molar-refractivity contribution in [1.82, 2.24) is 4.98 Å². The molecule has 0 bridgehead atoms. The molecule has 0 fully saturated rings. The molecule has 0 spiro atoms. The van der Waals surface area contributed by atoms with Gasteiger partial charge < -0.3 is 15.3 Å². The van der Waals surface area contributed by atoms with Crippen LogP contribution in [0.4, 0.5) is 24.0 Å². The van der Waals surface area contributed by atoms with Gasteiger partial charge in [0.2, 0.25) is 0 Å². The summed E-state index contributed by atoms with van der Waals surface area (Å²) in [6.07, 6.45) is 4.43. The van der Waals surface area contributed by atoms with Gasteiger partial charge in [-0.15, -0.1) is 11.3 Å². The molecule has 0 saturated heterocycles. The van der Waals surface area contributed by atoms with E-state index in [2.05, 4.69) is 17.2 Å². The summed E-state index contributed by atoms with van der Waals surface area (Å²) in [5.74, 6) is -0.166. The third kappa shape index (κ3) is 6.85. The highest BCUT2D eigenvalue weighted by Gasteiger charge is 2.34. The minimum Gasteiger partial charge on any atom is -0.619 e. The number of anilines is 2. The first-order valence-corrected chi connectivity index (χ1v) is 11.5. The lowest BCUT2D eigenvalue weighted by Crippen LogP contribution is -2.23. The van der Waals surface area contributed by atoms with Gasteiger partial charge in [-0.25, -0.2) is 4.98 Å².